The fourth-order valence-corrected chi connectivity index (χ4v) is 2.45. The van der Waals surface area contributed by atoms with Crippen LogP contribution in [0.2, 0.25) is 0 Å². The number of carbonyl (C=O) groups is 2. The molecule has 0 aliphatic carbocycles. The minimum atomic E-state index is -0.853. The molecule has 0 saturated carbocycles. The van der Waals surface area contributed by atoms with Crippen molar-refractivity contribution in [3.8, 4) is 5.75 Å². The van der Waals surface area contributed by atoms with E-state index in [1.54, 1.807) is 41.5 Å². The van der Waals surface area contributed by atoms with Gasteiger partial charge in [0.15, 0.2) is 0 Å². The summed E-state index contributed by atoms with van der Waals surface area (Å²) in [4.78, 5) is 24.7. The Bertz CT molecular complexity index is 632. The van der Waals surface area contributed by atoms with Gasteiger partial charge in [-0.15, -0.1) is 0 Å². The van der Waals surface area contributed by atoms with Crippen LogP contribution < -0.4 is 10.1 Å². The molecule has 0 aromatic heterocycles. The first-order valence-corrected chi connectivity index (χ1v) is 10.5. The van der Waals surface area contributed by atoms with Crippen LogP contribution in [0.1, 0.15) is 53.5 Å². The van der Waals surface area contributed by atoms with Gasteiger partial charge < -0.3 is 19.5 Å². The van der Waals surface area contributed by atoms with Crippen molar-refractivity contribution in [3.05, 3.63) is 29.8 Å². The van der Waals surface area contributed by atoms with Crippen LogP contribution >= 0.6 is 15.9 Å². The number of hydrogen-bond acceptors (Lipinski definition) is 5. The molecule has 0 unspecified atom stereocenters. The summed E-state index contributed by atoms with van der Waals surface area (Å²) in [7, 11) is 0. The van der Waals surface area contributed by atoms with Gasteiger partial charge in [0.1, 0.15) is 23.0 Å². The number of benzene rings is 1. The predicted octanol–water partition coefficient (Wildman–Crippen LogP) is 4.63. The maximum absolute atomic E-state index is 12.6. The zero-order chi connectivity index (χ0) is 21.4. The second kappa shape index (κ2) is 10.7. The standard InChI is InChI=1S/C21H32BrNO5/c1-20(2,3)27-18(24)17(23-19(25)28-21(4,5)6)14-15-8-10-16(11-9-15)26-13-7-12-22/h8-11,17H,7,12-14H2,1-6H3,(H,23,25)/t17-/m0/s1. The zero-order valence-electron chi connectivity index (χ0n) is 17.6. The summed E-state index contributed by atoms with van der Waals surface area (Å²) < 4.78 is 16.4. The van der Waals surface area contributed by atoms with Crippen molar-refractivity contribution in [1.29, 1.82) is 0 Å². The first-order valence-electron chi connectivity index (χ1n) is 9.40. The van der Waals surface area contributed by atoms with Gasteiger partial charge in [-0.1, -0.05) is 28.1 Å². The monoisotopic (exact) mass is 457 g/mol. The Morgan fingerprint density at radius 3 is 2.07 bits per heavy atom. The van der Waals surface area contributed by atoms with E-state index in [9.17, 15) is 9.59 Å². The van der Waals surface area contributed by atoms with E-state index in [4.69, 9.17) is 14.2 Å². The van der Waals surface area contributed by atoms with Crippen molar-refractivity contribution in [3.63, 3.8) is 0 Å². The molecule has 0 spiro atoms. The molecule has 1 aromatic carbocycles. The number of alkyl carbamates (subject to hydrolysis) is 1. The molecule has 0 saturated heterocycles. The first kappa shape index (κ1) is 24.3. The summed E-state index contributed by atoms with van der Waals surface area (Å²) in [5.74, 6) is 0.259. The number of hydrogen-bond donors (Lipinski definition) is 1. The number of esters is 1. The molecule has 0 aliphatic heterocycles. The summed E-state index contributed by atoms with van der Waals surface area (Å²) in [6, 6.07) is 6.59. The summed E-state index contributed by atoms with van der Waals surface area (Å²) in [5.41, 5.74) is -0.436. The quantitative estimate of drug-likeness (QED) is 0.349. The van der Waals surface area contributed by atoms with Crippen LogP contribution in [-0.4, -0.2) is 41.2 Å². The second-order valence-corrected chi connectivity index (χ2v) is 9.26. The average molecular weight is 458 g/mol. The molecule has 158 valence electrons. The van der Waals surface area contributed by atoms with E-state index >= 15 is 0 Å². The molecule has 0 bridgehead atoms. The molecule has 7 heteroatoms. The largest absolute Gasteiger partial charge is 0.494 e. The number of halogens is 1. The third-order valence-corrected chi connectivity index (χ3v) is 3.85. The average Bonchev–Trinajstić information content (AvgIpc) is 2.52. The summed E-state index contributed by atoms with van der Waals surface area (Å²) in [6.45, 7) is 11.3. The van der Waals surface area contributed by atoms with E-state index in [-0.39, 0.29) is 6.42 Å². The molecule has 28 heavy (non-hydrogen) atoms. The fourth-order valence-electron chi connectivity index (χ4n) is 2.22. The lowest BCUT2D eigenvalue weighted by Crippen LogP contribution is -2.47. The Labute approximate surface area is 176 Å². The minimum absolute atomic E-state index is 0.288. The van der Waals surface area contributed by atoms with Gasteiger partial charge in [0.2, 0.25) is 0 Å². The van der Waals surface area contributed by atoms with Crippen LogP contribution in [0, 0.1) is 0 Å². The van der Waals surface area contributed by atoms with Crippen molar-refractivity contribution in [1.82, 2.24) is 5.32 Å². The van der Waals surface area contributed by atoms with Crippen LogP contribution in [-0.2, 0) is 20.7 Å². The van der Waals surface area contributed by atoms with Crippen molar-refractivity contribution in [2.75, 3.05) is 11.9 Å². The van der Waals surface area contributed by atoms with Crippen LogP contribution in [0.4, 0.5) is 4.79 Å². The molecule has 1 atom stereocenters. The van der Waals surface area contributed by atoms with E-state index in [0.717, 1.165) is 23.1 Å². The van der Waals surface area contributed by atoms with Gasteiger partial charge in [0.25, 0.3) is 0 Å². The molecule has 0 radical (unpaired) electrons. The van der Waals surface area contributed by atoms with Crippen molar-refractivity contribution >= 4 is 28.0 Å². The molecule has 0 aliphatic rings. The lowest BCUT2D eigenvalue weighted by atomic mass is 10.1. The van der Waals surface area contributed by atoms with Gasteiger partial charge in [-0.2, -0.15) is 0 Å². The van der Waals surface area contributed by atoms with E-state index < -0.39 is 29.3 Å². The number of carbonyl (C=O) groups excluding carboxylic acids is 2. The number of rotatable bonds is 8. The third kappa shape index (κ3) is 10.5. The number of amides is 1. The van der Waals surface area contributed by atoms with Crippen molar-refractivity contribution in [2.45, 2.75) is 71.6 Å². The normalized spacial score (nSPS) is 12.8. The summed E-state index contributed by atoms with van der Waals surface area (Å²) >= 11 is 3.36. The van der Waals surface area contributed by atoms with Gasteiger partial charge in [0, 0.05) is 11.8 Å². The summed E-state index contributed by atoms with van der Waals surface area (Å²) in [6.07, 6.45) is 0.552. The van der Waals surface area contributed by atoms with E-state index in [1.807, 2.05) is 24.3 Å². The molecular formula is C21H32BrNO5. The summed E-state index contributed by atoms with van der Waals surface area (Å²) in [5, 5.41) is 3.52. The maximum atomic E-state index is 12.6. The van der Waals surface area contributed by atoms with Crippen molar-refractivity contribution in [2.24, 2.45) is 0 Å². The molecule has 0 fully saturated rings. The Balaban J connectivity index is 2.83. The Kier molecular flexibility index (Phi) is 9.27. The SMILES string of the molecule is CC(C)(C)OC(=O)N[C@@H](Cc1ccc(OCCCBr)cc1)C(=O)OC(C)(C)C. The maximum Gasteiger partial charge on any atom is 0.408 e. The Morgan fingerprint density at radius 2 is 1.57 bits per heavy atom. The van der Waals surface area contributed by atoms with Crippen LogP contribution in [0.15, 0.2) is 24.3 Å². The number of alkyl halides is 1. The van der Waals surface area contributed by atoms with Crippen LogP contribution in [0.5, 0.6) is 5.75 Å². The highest BCUT2D eigenvalue weighted by Gasteiger charge is 2.28. The lowest BCUT2D eigenvalue weighted by Gasteiger charge is -2.26. The van der Waals surface area contributed by atoms with Crippen LogP contribution in [0.3, 0.4) is 0 Å². The number of nitrogens with one attached hydrogen (secondary N) is 1. The predicted molar refractivity (Wildman–Crippen MR) is 113 cm³/mol. The van der Waals surface area contributed by atoms with E-state index in [0.29, 0.717) is 6.61 Å². The molecule has 1 N–H and O–H groups in total. The van der Waals surface area contributed by atoms with Crippen LogP contribution in [0.25, 0.3) is 0 Å². The van der Waals surface area contributed by atoms with E-state index in [2.05, 4.69) is 21.2 Å². The molecule has 1 amide bonds. The third-order valence-electron chi connectivity index (χ3n) is 3.29. The molecule has 1 rings (SSSR count). The molecular weight excluding hydrogens is 426 g/mol. The zero-order valence-corrected chi connectivity index (χ0v) is 19.2. The topological polar surface area (TPSA) is 73.9 Å². The fraction of sp³-hybridized carbons (Fsp3) is 0.619. The Hall–Kier alpha value is -1.76. The van der Waals surface area contributed by atoms with Gasteiger partial charge >= 0.3 is 12.1 Å². The molecule has 0 heterocycles. The Morgan fingerprint density at radius 1 is 1.00 bits per heavy atom. The first-order chi connectivity index (χ1) is 12.9. The van der Waals surface area contributed by atoms with Gasteiger partial charge in [-0.05, 0) is 65.7 Å². The molecule has 6 nitrogen and oxygen atoms in total. The van der Waals surface area contributed by atoms with Gasteiger partial charge in [0.05, 0.1) is 6.61 Å². The smallest absolute Gasteiger partial charge is 0.408 e. The van der Waals surface area contributed by atoms with E-state index in [1.165, 1.54) is 0 Å². The lowest BCUT2D eigenvalue weighted by molar-refractivity contribution is -0.157. The minimum Gasteiger partial charge on any atom is -0.494 e. The highest BCUT2D eigenvalue weighted by atomic mass is 79.9. The van der Waals surface area contributed by atoms with Gasteiger partial charge in [-0.25, -0.2) is 9.59 Å². The second-order valence-electron chi connectivity index (χ2n) is 8.47. The number of ether oxygens (including phenoxy) is 3. The highest BCUT2D eigenvalue weighted by Crippen LogP contribution is 2.16. The van der Waals surface area contributed by atoms with Gasteiger partial charge in [-0.3, -0.25) is 0 Å². The highest BCUT2D eigenvalue weighted by molar-refractivity contribution is 9.09. The molecule has 1 aromatic rings. The van der Waals surface area contributed by atoms with Crippen molar-refractivity contribution < 1.29 is 23.8 Å².